The first-order chi connectivity index (χ1) is 18.0. The van der Waals surface area contributed by atoms with Crippen molar-refractivity contribution >= 4 is 7.25 Å². The molecule has 0 fully saturated rings. The minimum Gasteiger partial charge on any atom is -0.418 e. The first-order valence-corrected chi connectivity index (χ1v) is 13.2. The van der Waals surface area contributed by atoms with Crippen LogP contribution in [0.3, 0.4) is 0 Å². The van der Waals surface area contributed by atoms with Crippen molar-refractivity contribution in [3.63, 3.8) is 0 Å². The van der Waals surface area contributed by atoms with Gasteiger partial charge in [-0.05, 0) is 54.5 Å². The molecule has 0 saturated carbocycles. The number of hydrogen-bond donors (Lipinski definition) is 0. The normalized spacial score (nSPS) is 13.9. The van der Waals surface area contributed by atoms with Crippen LogP contribution in [0.5, 0.6) is 0 Å². The summed E-state index contributed by atoms with van der Waals surface area (Å²) >= 11 is 0. The van der Waals surface area contributed by atoms with Crippen molar-refractivity contribution in [3.05, 3.63) is 101 Å². The molecule has 6 heteroatoms. The van der Waals surface area contributed by atoms with E-state index in [9.17, 15) is 17.3 Å². The van der Waals surface area contributed by atoms with Crippen LogP contribution in [-0.4, -0.2) is 7.25 Å². The van der Waals surface area contributed by atoms with Crippen molar-refractivity contribution in [2.75, 3.05) is 0 Å². The van der Waals surface area contributed by atoms with Crippen molar-refractivity contribution in [1.29, 1.82) is 0 Å². The molecule has 0 atom stereocenters. The summed E-state index contributed by atoms with van der Waals surface area (Å²) in [4.78, 5) is 0. The van der Waals surface area contributed by atoms with E-state index >= 15 is 0 Å². The van der Waals surface area contributed by atoms with Crippen LogP contribution in [0.2, 0.25) is 0 Å². The highest BCUT2D eigenvalue weighted by atomic mass is 19.5. The van der Waals surface area contributed by atoms with Gasteiger partial charge < -0.3 is 17.3 Å². The quantitative estimate of drug-likeness (QED) is 0.143. The molecule has 0 aliphatic heterocycles. The summed E-state index contributed by atoms with van der Waals surface area (Å²) in [6, 6.07) is 29.3. The summed E-state index contributed by atoms with van der Waals surface area (Å²) in [6.45, 7) is 8.11. The third-order valence-electron chi connectivity index (χ3n) is 7.24. The number of halogens is 4. The second kappa shape index (κ2) is 10.0. The average molecular weight is 517 g/mol. The number of benzene rings is 3. The average Bonchev–Trinajstić information content (AvgIpc) is 2.86. The second-order valence-corrected chi connectivity index (χ2v) is 11.4. The number of hydrogen-bond acceptors (Lipinski definition) is 0. The van der Waals surface area contributed by atoms with Crippen LogP contribution >= 0.6 is 0 Å². The van der Waals surface area contributed by atoms with Gasteiger partial charge in [0.2, 0.25) is 11.4 Å². The van der Waals surface area contributed by atoms with Crippen molar-refractivity contribution < 1.29 is 21.8 Å². The number of rotatable bonds is 2. The molecule has 0 spiro atoms. The van der Waals surface area contributed by atoms with E-state index in [1.165, 1.54) is 44.8 Å². The maximum Gasteiger partial charge on any atom is 0.673 e. The fourth-order valence-corrected chi connectivity index (χ4v) is 6.00. The Hall–Kier alpha value is -3.41. The van der Waals surface area contributed by atoms with Gasteiger partial charge in [0.25, 0.3) is 0 Å². The van der Waals surface area contributed by atoms with E-state index in [1.54, 1.807) is 11.1 Å². The predicted molar refractivity (Wildman–Crippen MR) is 147 cm³/mol. The molecule has 0 unspecified atom stereocenters. The molecule has 3 aromatic carbocycles. The minimum absolute atomic E-state index is 0.180. The number of aromatic nitrogens is 1. The van der Waals surface area contributed by atoms with Crippen molar-refractivity contribution in [2.45, 2.75) is 53.0 Å². The lowest BCUT2D eigenvalue weighted by atomic mass is 9.77. The van der Waals surface area contributed by atoms with Crippen molar-refractivity contribution in [2.24, 2.45) is 5.41 Å². The third kappa shape index (κ3) is 5.40. The van der Waals surface area contributed by atoms with Crippen LogP contribution in [0, 0.1) is 5.41 Å². The van der Waals surface area contributed by atoms with Gasteiger partial charge in [0, 0.05) is 33.2 Å². The van der Waals surface area contributed by atoms with Crippen molar-refractivity contribution in [1.82, 2.24) is 0 Å². The molecule has 1 heterocycles. The highest BCUT2D eigenvalue weighted by molar-refractivity contribution is 6.50. The summed E-state index contributed by atoms with van der Waals surface area (Å²) < 4.78 is 41.7. The number of aryl methyl sites for hydroxylation is 2. The van der Waals surface area contributed by atoms with E-state index in [0.717, 1.165) is 32.2 Å². The summed E-state index contributed by atoms with van der Waals surface area (Å²) in [7, 11) is -6.00. The zero-order valence-electron chi connectivity index (χ0n) is 22.1. The topological polar surface area (TPSA) is 3.88 Å². The van der Waals surface area contributed by atoms with Crippen LogP contribution in [0.15, 0.2) is 78.9 Å². The molecule has 196 valence electrons. The molecular weight excluding hydrogens is 485 g/mol. The largest absolute Gasteiger partial charge is 0.673 e. The maximum absolute atomic E-state index is 9.75. The molecule has 4 aromatic rings. The zero-order chi connectivity index (χ0) is 27.1. The maximum atomic E-state index is 9.75. The fourth-order valence-electron chi connectivity index (χ4n) is 6.00. The molecular formula is C32H32BF4N. The first kappa shape index (κ1) is 26.2. The number of pyridine rings is 1. The molecule has 0 radical (unpaired) electrons. The molecule has 0 bridgehead atoms. The smallest absolute Gasteiger partial charge is 0.418 e. The van der Waals surface area contributed by atoms with Crippen LogP contribution in [0.4, 0.5) is 17.3 Å². The number of fused-ring (bicyclic) bond motifs is 6. The second-order valence-electron chi connectivity index (χ2n) is 11.4. The highest BCUT2D eigenvalue weighted by Gasteiger charge is 2.38. The minimum atomic E-state index is -6.00. The summed E-state index contributed by atoms with van der Waals surface area (Å²) in [6.07, 6.45) is 4.45. The summed E-state index contributed by atoms with van der Waals surface area (Å²) in [5, 5.41) is 0. The summed E-state index contributed by atoms with van der Waals surface area (Å²) in [5.74, 6) is 0. The van der Waals surface area contributed by atoms with Gasteiger partial charge in [-0.25, -0.2) is 0 Å². The van der Waals surface area contributed by atoms with Gasteiger partial charge in [0.1, 0.15) is 0 Å². The van der Waals surface area contributed by atoms with Crippen LogP contribution in [-0.2, 0) is 32.2 Å². The molecule has 38 heavy (non-hydrogen) atoms. The molecule has 2 aliphatic carbocycles. The molecule has 0 saturated heterocycles. The van der Waals surface area contributed by atoms with Gasteiger partial charge in [0.15, 0.2) is 6.54 Å². The first-order valence-electron chi connectivity index (χ1n) is 13.2. The number of nitrogens with zero attached hydrogens (tertiary/aromatic N) is 1. The monoisotopic (exact) mass is 517 g/mol. The summed E-state index contributed by atoms with van der Waals surface area (Å²) in [5.41, 5.74) is 14.8. The standard InChI is InChI=1S/C32H32N.BF4/c1-32(2,3)21-33-30-25-15-9-7-11-22(25)17-19-27(30)29(24-13-5-4-6-14-24)28-20-18-23-12-8-10-16-26(23)31(28)33;2-1(3,4)5/h4-16H,17-21H2,1-3H3;/q+1;-1. The SMILES string of the molecule is CC(C)(C)C[n+]1c2c(c(-c3ccccc3)c3c1-c1ccccc1CC3)CCc1ccccc1-2.F[B-](F)(F)F. The molecule has 1 aromatic heterocycles. The van der Waals surface area contributed by atoms with E-state index in [1.807, 2.05) is 0 Å². The Labute approximate surface area is 222 Å². The van der Waals surface area contributed by atoms with E-state index in [2.05, 4.69) is 104 Å². The van der Waals surface area contributed by atoms with E-state index in [0.29, 0.717) is 0 Å². The lowest BCUT2D eigenvalue weighted by Gasteiger charge is -2.30. The van der Waals surface area contributed by atoms with Crippen LogP contribution < -0.4 is 4.57 Å². The van der Waals surface area contributed by atoms with Gasteiger partial charge in [-0.3, -0.25) is 0 Å². The Morgan fingerprint density at radius 3 is 1.50 bits per heavy atom. The Morgan fingerprint density at radius 1 is 0.632 bits per heavy atom. The van der Waals surface area contributed by atoms with E-state index in [-0.39, 0.29) is 5.41 Å². The third-order valence-corrected chi connectivity index (χ3v) is 7.24. The Kier molecular flexibility index (Phi) is 6.93. The van der Waals surface area contributed by atoms with E-state index < -0.39 is 7.25 Å². The lowest BCUT2D eigenvalue weighted by Crippen LogP contribution is -2.47. The lowest BCUT2D eigenvalue weighted by molar-refractivity contribution is -0.688. The Bertz CT molecular complexity index is 1390. The Morgan fingerprint density at radius 2 is 1.05 bits per heavy atom. The molecule has 0 N–H and O–H groups in total. The Balaban J connectivity index is 0.000000540. The van der Waals surface area contributed by atoms with Crippen molar-refractivity contribution in [3.8, 4) is 33.6 Å². The molecule has 2 aliphatic rings. The van der Waals surface area contributed by atoms with Gasteiger partial charge >= 0.3 is 7.25 Å². The van der Waals surface area contributed by atoms with Crippen LogP contribution in [0.1, 0.15) is 43.0 Å². The fraction of sp³-hybridized carbons (Fsp3) is 0.281. The molecule has 1 nitrogen and oxygen atoms in total. The van der Waals surface area contributed by atoms with E-state index in [4.69, 9.17) is 0 Å². The predicted octanol–water partition coefficient (Wildman–Crippen LogP) is 8.52. The van der Waals surface area contributed by atoms with Gasteiger partial charge in [0.05, 0.1) is 0 Å². The van der Waals surface area contributed by atoms with Gasteiger partial charge in [-0.15, -0.1) is 0 Å². The zero-order valence-corrected chi connectivity index (χ0v) is 22.1. The highest BCUT2D eigenvalue weighted by Crippen LogP contribution is 2.45. The van der Waals surface area contributed by atoms with Gasteiger partial charge in [-0.1, -0.05) is 87.5 Å². The van der Waals surface area contributed by atoms with Crippen LogP contribution in [0.25, 0.3) is 33.6 Å². The molecule has 0 amide bonds. The molecule has 6 rings (SSSR count). The van der Waals surface area contributed by atoms with Gasteiger partial charge in [-0.2, -0.15) is 4.57 Å².